The predicted molar refractivity (Wildman–Crippen MR) is 73.6 cm³/mol. The van der Waals surface area contributed by atoms with Crippen molar-refractivity contribution in [3.8, 4) is 5.75 Å². The van der Waals surface area contributed by atoms with Gasteiger partial charge in [0.05, 0.1) is 13.7 Å². The second-order valence-electron chi connectivity index (χ2n) is 5.00. The van der Waals surface area contributed by atoms with Gasteiger partial charge in [-0.1, -0.05) is 0 Å². The van der Waals surface area contributed by atoms with E-state index >= 15 is 0 Å². The summed E-state index contributed by atoms with van der Waals surface area (Å²) in [6.07, 6.45) is 2.48. The van der Waals surface area contributed by atoms with Crippen LogP contribution in [0.3, 0.4) is 0 Å². The SMILES string of the molecule is COC(=O)[C@H](C)NC(=O)c1ccc(OCC2CC2)cc1. The van der Waals surface area contributed by atoms with Crippen molar-refractivity contribution in [2.75, 3.05) is 13.7 Å². The summed E-state index contributed by atoms with van der Waals surface area (Å²) >= 11 is 0. The molecule has 5 nitrogen and oxygen atoms in total. The van der Waals surface area contributed by atoms with Crippen molar-refractivity contribution in [2.45, 2.75) is 25.8 Å². The Morgan fingerprint density at radius 1 is 1.30 bits per heavy atom. The van der Waals surface area contributed by atoms with E-state index in [9.17, 15) is 9.59 Å². The van der Waals surface area contributed by atoms with Crippen molar-refractivity contribution in [1.82, 2.24) is 5.32 Å². The Labute approximate surface area is 118 Å². The number of hydrogen-bond acceptors (Lipinski definition) is 4. The number of amides is 1. The van der Waals surface area contributed by atoms with Crippen LogP contribution in [0, 0.1) is 5.92 Å². The third-order valence-electron chi connectivity index (χ3n) is 3.20. The summed E-state index contributed by atoms with van der Waals surface area (Å²) in [4.78, 5) is 23.1. The number of esters is 1. The number of carbonyl (C=O) groups is 2. The van der Waals surface area contributed by atoms with E-state index in [-0.39, 0.29) is 5.91 Å². The van der Waals surface area contributed by atoms with Crippen LogP contribution in [-0.2, 0) is 9.53 Å². The maximum Gasteiger partial charge on any atom is 0.328 e. The Bertz CT molecular complexity index is 479. The highest BCUT2D eigenvalue weighted by Gasteiger charge is 2.22. The molecule has 108 valence electrons. The van der Waals surface area contributed by atoms with Crippen LogP contribution in [-0.4, -0.2) is 31.6 Å². The second kappa shape index (κ2) is 6.41. The van der Waals surface area contributed by atoms with Crippen LogP contribution in [0.15, 0.2) is 24.3 Å². The number of nitrogens with one attached hydrogen (secondary N) is 1. The van der Waals surface area contributed by atoms with Gasteiger partial charge in [0.25, 0.3) is 5.91 Å². The molecule has 1 fully saturated rings. The summed E-state index contributed by atoms with van der Waals surface area (Å²) in [5, 5.41) is 2.57. The van der Waals surface area contributed by atoms with Crippen LogP contribution in [0.25, 0.3) is 0 Å². The Balaban J connectivity index is 1.87. The first kappa shape index (κ1) is 14.4. The number of rotatable bonds is 6. The normalized spacial score (nSPS) is 15.3. The van der Waals surface area contributed by atoms with Crippen LogP contribution >= 0.6 is 0 Å². The topological polar surface area (TPSA) is 64.6 Å². The van der Waals surface area contributed by atoms with E-state index in [0.717, 1.165) is 12.4 Å². The highest BCUT2D eigenvalue weighted by molar-refractivity contribution is 5.96. The van der Waals surface area contributed by atoms with Gasteiger partial charge in [0.15, 0.2) is 0 Å². The third kappa shape index (κ3) is 3.98. The lowest BCUT2D eigenvalue weighted by molar-refractivity contribution is -0.142. The summed E-state index contributed by atoms with van der Waals surface area (Å²) in [5.41, 5.74) is 0.486. The molecule has 0 unspecified atom stereocenters. The van der Waals surface area contributed by atoms with Crippen molar-refractivity contribution < 1.29 is 19.1 Å². The van der Waals surface area contributed by atoms with Gasteiger partial charge in [-0.2, -0.15) is 0 Å². The molecule has 1 amide bonds. The minimum Gasteiger partial charge on any atom is -0.493 e. The summed E-state index contributed by atoms with van der Waals surface area (Å²) in [5.74, 6) is 0.674. The lowest BCUT2D eigenvalue weighted by Crippen LogP contribution is -2.39. The number of benzene rings is 1. The van der Waals surface area contributed by atoms with Gasteiger partial charge in [-0.3, -0.25) is 4.79 Å². The quantitative estimate of drug-likeness (QED) is 0.805. The molecular formula is C15H19NO4. The first-order chi connectivity index (χ1) is 9.60. The molecule has 20 heavy (non-hydrogen) atoms. The largest absolute Gasteiger partial charge is 0.493 e. The van der Waals surface area contributed by atoms with Gasteiger partial charge in [-0.25, -0.2) is 4.79 Å². The van der Waals surface area contributed by atoms with E-state index in [1.165, 1.54) is 20.0 Å². The fraction of sp³-hybridized carbons (Fsp3) is 0.467. The molecule has 0 heterocycles. The Hall–Kier alpha value is -2.04. The average Bonchev–Trinajstić information content (AvgIpc) is 3.28. The molecule has 0 spiro atoms. The summed E-state index contributed by atoms with van der Waals surface area (Å²) < 4.78 is 10.1. The first-order valence-electron chi connectivity index (χ1n) is 6.71. The lowest BCUT2D eigenvalue weighted by atomic mass is 10.2. The van der Waals surface area contributed by atoms with E-state index in [0.29, 0.717) is 11.5 Å². The zero-order chi connectivity index (χ0) is 14.5. The molecular weight excluding hydrogens is 258 g/mol. The van der Waals surface area contributed by atoms with Gasteiger partial charge < -0.3 is 14.8 Å². The van der Waals surface area contributed by atoms with Crippen molar-refractivity contribution in [3.63, 3.8) is 0 Å². The fourth-order valence-electron chi connectivity index (χ4n) is 1.72. The van der Waals surface area contributed by atoms with Gasteiger partial charge >= 0.3 is 5.97 Å². The molecule has 1 saturated carbocycles. The molecule has 2 rings (SSSR count). The Morgan fingerprint density at radius 2 is 1.95 bits per heavy atom. The number of methoxy groups -OCH3 is 1. The molecule has 5 heteroatoms. The molecule has 0 saturated heterocycles. The molecule has 0 aromatic heterocycles. The second-order valence-corrected chi connectivity index (χ2v) is 5.00. The molecule has 1 N–H and O–H groups in total. The molecule has 0 radical (unpaired) electrons. The summed E-state index contributed by atoms with van der Waals surface area (Å²) in [6.45, 7) is 2.32. The van der Waals surface area contributed by atoms with Crippen LogP contribution < -0.4 is 10.1 Å². The van der Waals surface area contributed by atoms with Gasteiger partial charge in [0.1, 0.15) is 11.8 Å². The highest BCUT2D eigenvalue weighted by Crippen LogP contribution is 2.29. The number of ether oxygens (including phenoxy) is 2. The Morgan fingerprint density at radius 3 is 2.50 bits per heavy atom. The summed E-state index contributed by atoms with van der Waals surface area (Å²) in [7, 11) is 1.29. The third-order valence-corrected chi connectivity index (χ3v) is 3.20. The minimum absolute atomic E-state index is 0.309. The van der Waals surface area contributed by atoms with Crippen LogP contribution in [0.1, 0.15) is 30.1 Å². The lowest BCUT2D eigenvalue weighted by Gasteiger charge is -2.12. The van der Waals surface area contributed by atoms with E-state index in [1.54, 1.807) is 31.2 Å². The van der Waals surface area contributed by atoms with E-state index < -0.39 is 12.0 Å². The van der Waals surface area contributed by atoms with Gasteiger partial charge in [-0.05, 0) is 49.9 Å². The van der Waals surface area contributed by atoms with E-state index in [2.05, 4.69) is 10.1 Å². The summed E-state index contributed by atoms with van der Waals surface area (Å²) in [6, 6.07) is 6.22. The van der Waals surface area contributed by atoms with Gasteiger partial charge in [0, 0.05) is 5.56 Å². The van der Waals surface area contributed by atoms with E-state index in [1.807, 2.05) is 0 Å². The molecule has 1 aromatic rings. The smallest absolute Gasteiger partial charge is 0.328 e. The zero-order valence-electron chi connectivity index (χ0n) is 11.7. The number of carbonyl (C=O) groups excluding carboxylic acids is 2. The minimum atomic E-state index is -0.668. The standard InChI is InChI=1S/C15H19NO4/c1-10(15(18)19-2)16-14(17)12-5-7-13(8-6-12)20-9-11-3-4-11/h5-8,10-11H,3-4,9H2,1-2H3,(H,16,17)/t10-/m0/s1. The van der Waals surface area contributed by atoms with Crippen molar-refractivity contribution in [2.24, 2.45) is 5.92 Å². The van der Waals surface area contributed by atoms with Gasteiger partial charge in [-0.15, -0.1) is 0 Å². The van der Waals surface area contributed by atoms with Gasteiger partial charge in [0.2, 0.25) is 0 Å². The maximum atomic E-state index is 11.9. The first-order valence-corrected chi connectivity index (χ1v) is 6.71. The molecule has 1 aliphatic rings. The van der Waals surface area contributed by atoms with Crippen molar-refractivity contribution in [1.29, 1.82) is 0 Å². The van der Waals surface area contributed by atoms with Crippen molar-refractivity contribution >= 4 is 11.9 Å². The molecule has 1 aliphatic carbocycles. The fourth-order valence-corrected chi connectivity index (χ4v) is 1.72. The van der Waals surface area contributed by atoms with E-state index in [4.69, 9.17) is 4.74 Å². The van der Waals surface area contributed by atoms with Crippen LogP contribution in [0.5, 0.6) is 5.75 Å². The van der Waals surface area contributed by atoms with Crippen LogP contribution in [0.4, 0.5) is 0 Å². The molecule has 1 atom stereocenters. The zero-order valence-corrected chi connectivity index (χ0v) is 11.7. The van der Waals surface area contributed by atoms with Crippen LogP contribution in [0.2, 0.25) is 0 Å². The molecule has 1 aromatic carbocycles. The molecule has 0 aliphatic heterocycles. The van der Waals surface area contributed by atoms with Crippen molar-refractivity contribution in [3.05, 3.63) is 29.8 Å². The molecule has 0 bridgehead atoms. The highest BCUT2D eigenvalue weighted by atomic mass is 16.5. The Kier molecular flexibility index (Phi) is 4.61. The predicted octanol–water partition coefficient (Wildman–Crippen LogP) is 1.77. The average molecular weight is 277 g/mol. The maximum absolute atomic E-state index is 11.9. The number of hydrogen-bond donors (Lipinski definition) is 1. The monoisotopic (exact) mass is 277 g/mol.